The maximum atomic E-state index is 12.9. The van der Waals surface area contributed by atoms with Crippen molar-refractivity contribution in [1.29, 1.82) is 0 Å². The van der Waals surface area contributed by atoms with Crippen molar-refractivity contribution < 1.29 is 9.53 Å². The first-order chi connectivity index (χ1) is 12.3. The molecule has 1 fully saturated rings. The van der Waals surface area contributed by atoms with Gasteiger partial charge in [0, 0.05) is 19.3 Å². The predicted molar refractivity (Wildman–Crippen MR) is 94.4 cm³/mol. The lowest BCUT2D eigenvalue weighted by Crippen LogP contribution is -2.37. The number of amides is 1. The molecule has 0 N–H and O–H groups in total. The van der Waals surface area contributed by atoms with Gasteiger partial charge >= 0.3 is 0 Å². The number of fused-ring (bicyclic) bond motifs is 1. The third kappa shape index (κ3) is 2.98. The molecule has 0 radical (unpaired) electrons. The van der Waals surface area contributed by atoms with Gasteiger partial charge in [0.05, 0.1) is 37.1 Å². The third-order valence-corrected chi connectivity index (χ3v) is 4.91. The van der Waals surface area contributed by atoms with Gasteiger partial charge in [0.25, 0.3) is 5.91 Å². The van der Waals surface area contributed by atoms with Crippen LogP contribution in [-0.2, 0) is 11.3 Å². The zero-order chi connectivity index (χ0) is 17.2. The van der Waals surface area contributed by atoms with Gasteiger partial charge < -0.3 is 14.5 Å². The van der Waals surface area contributed by atoms with E-state index in [9.17, 15) is 4.79 Å². The summed E-state index contributed by atoms with van der Waals surface area (Å²) >= 11 is 0. The van der Waals surface area contributed by atoms with Crippen LogP contribution in [0, 0.1) is 0 Å². The van der Waals surface area contributed by atoms with Gasteiger partial charge in [-0.15, -0.1) is 0 Å². The van der Waals surface area contributed by atoms with Gasteiger partial charge in [-0.05, 0) is 12.0 Å². The maximum absolute atomic E-state index is 12.9. The van der Waals surface area contributed by atoms with E-state index in [-0.39, 0.29) is 11.9 Å². The monoisotopic (exact) mass is 338 g/mol. The van der Waals surface area contributed by atoms with Crippen LogP contribution in [0.4, 0.5) is 5.95 Å². The van der Waals surface area contributed by atoms with Gasteiger partial charge in [0.1, 0.15) is 0 Å². The number of anilines is 1. The first kappa shape index (κ1) is 16.0. The van der Waals surface area contributed by atoms with Crippen LogP contribution in [0.15, 0.2) is 36.5 Å². The summed E-state index contributed by atoms with van der Waals surface area (Å²) in [5.74, 6) is 0.726. The molecule has 6 heteroatoms. The fraction of sp³-hybridized carbons (Fsp3) is 0.421. The molecule has 1 aromatic carbocycles. The number of hydrogen-bond acceptors (Lipinski definition) is 5. The van der Waals surface area contributed by atoms with E-state index in [0.29, 0.717) is 31.3 Å². The summed E-state index contributed by atoms with van der Waals surface area (Å²) in [6, 6.07) is 10.3. The molecule has 1 amide bonds. The van der Waals surface area contributed by atoms with E-state index in [1.54, 1.807) is 6.20 Å². The van der Waals surface area contributed by atoms with Crippen LogP contribution in [-0.4, -0.2) is 47.1 Å². The van der Waals surface area contributed by atoms with E-state index in [0.717, 1.165) is 30.8 Å². The van der Waals surface area contributed by atoms with Gasteiger partial charge in [0.2, 0.25) is 5.95 Å². The second-order valence-electron chi connectivity index (χ2n) is 6.40. The zero-order valence-electron chi connectivity index (χ0n) is 14.4. The second kappa shape index (κ2) is 6.80. The number of ether oxygens (including phenoxy) is 1. The maximum Gasteiger partial charge on any atom is 0.258 e. The third-order valence-electron chi connectivity index (χ3n) is 4.91. The Hall–Kier alpha value is -2.47. The van der Waals surface area contributed by atoms with E-state index in [1.807, 2.05) is 23.1 Å². The van der Waals surface area contributed by atoms with Gasteiger partial charge in [0.15, 0.2) is 0 Å². The van der Waals surface area contributed by atoms with Crippen molar-refractivity contribution in [3.63, 3.8) is 0 Å². The molecule has 25 heavy (non-hydrogen) atoms. The van der Waals surface area contributed by atoms with Gasteiger partial charge in [-0.3, -0.25) is 4.79 Å². The van der Waals surface area contributed by atoms with Crippen molar-refractivity contribution in [2.75, 3.05) is 31.2 Å². The molecule has 2 aliphatic heterocycles. The van der Waals surface area contributed by atoms with Crippen LogP contribution in [0.25, 0.3) is 0 Å². The Kier molecular flexibility index (Phi) is 4.36. The lowest BCUT2D eigenvalue weighted by atomic mass is 10.0. The van der Waals surface area contributed by atoms with Crippen LogP contribution >= 0.6 is 0 Å². The topological polar surface area (TPSA) is 58.6 Å². The molecule has 0 bridgehead atoms. The lowest BCUT2D eigenvalue weighted by molar-refractivity contribution is 0.0695. The Morgan fingerprint density at radius 3 is 2.68 bits per heavy atom. The Balaban J connectivity index is 1.60. The summed E-state index contributed by atoms with van der Waals surface area (Å²) in [5.41, 5.74) is 2.62. The molecule has 2 aliphatic rings. The van der Waals surface area contributed by atoms with E-state index < -0.39 is 0 Å². The summed E-state index contributed by atoms with van der Waals surface area (Å²) in [7, 11) is 0. The minimum atomic E-state index is 0.0271. The molecule has 1 atom stereocenters. The average molecular weight is 338 g/mol. The number of carbonyl (C=O) groups is 1. The normalized spacial score (nSPS) is 18.4. The number of nitrogens with zero attached hydrogens (tertiary/aromatic N) is 4. The molecule has 0 spiro atoms. The highest BCUT2D eigenvalue weighted by Crippen LogP contribution is 2.32. The van der Waals surface area contributed by atoms with E-state index in [4.69, 9.17) is 4.74 Å². The van der Waals surface area contributed by atoms with Crippen LogP contribution < -0.4 is 4.90 Å². The molecular formula is C19H22N4O2. The standard InChI is InChI=1S/C19H22N4O2/c1-2-17(14-6-4-3-5-7-14)23-13-16-15(18(23)24)12-20-19(21-16)22-8-10-25-11-9-22/h3-7,12,17H,2,8-11,13H2,1H3/t17-/m1/s1. The van der Waals surface area contributed by atoms with Gasteiger partial charge in [-0.1, -0.05) is 37.3 Å². The minimum absolute atomic E-state index is 0.0271. The van der Waals surface area contributed by atoms with E-state index >= 15 is 0 Å². The van der Waals surface area contributed by atoms with Crippen molar-refractivity contribution in [2.24, 2.45) is 0 Å². The fourth-order valence-electron chi connectivity index (χ4n) is 3.57. The molecule has 4 rings (SSSR count). The highest BCUT2D eigenvalue weighted by molar-refractivity contribution is 5.97. The number of hydrogen-bond donors (Lipinski definition) is 0. The average Bonchev–Trinajstić information content (AvgIpc) is 3.00. The molecule has 130 valence electrons. The van der Waals surface area contributed by atoms with Crippen LogP contribution in [0.1, 0.15) is 41.0 Å². The summed E-state index contributed by atoms with van der Waals surface area (Å²) in [6.07, 6.45) is 2.56. The summed E-state index contributed by atoms with van der Waals surface area (Å²) in [6.45, 7) is 5.62. The van der Waals surface area contributed by atoms with Crippen molar-refractivity contribution in [3.05, 3.63) is 53.3 Å². The smallest absolute Gasteiger partial charge is 0.258 e. The predicted octanol–water partition coefficient (Wildman–Crippen LogP) is 2.42. The number of morpholine rings is 1. The van der Waals surface area contributed by atoms with Crippen LogP contribution in [0.5, 0.6) is 0 Å². The summed E-state index contributed by atoms with van der Waals surface area (Å²) < 4.78 is 5.38. The molecule has 2 aromatic rings. The van der Waals surface area contributed by atoms with Crippen molar-refractivity contribution >= 4 is 11.9 Å². The van der Waals surface area contributed by atoms with Crippen molar-refractivity contribution in [2.45, 2.75) is 25.9 Å². The number of aromatic nitrogens is 2. The molecule has 0 unspecified atom stereocenters. The Bertz CT molecular complexity index is 759. The quantitative estimate of drug-likeness (QED) is 0.857. The van der Waals surface area contributed by atoms with E-state index in [1.165, 1.54) is 0 Å². The van der Waals surface area contributed by atoms with Crippen molar-refractivity contribution in [1.82, 2.24) is 14.9 Å². The van der Waals surface area contributed by atoms with Crippen molar-refractivity contribution in [3.8, 4) is 0 Å². The molecule has 1 aromatic heterocycles. The van der Waals surface area contributed by atoms with Crippen LogP contribution in [0.2, 0.25) is 0 Å². The first-order valence-corrected chi connectivity index (χ1v) is 8.82. The number of carbonyl (C=O) groups excluding carboxylic acids is 1. The molecule has 6 nitrogen and oxygen atoms in total. The lowest BCUT2D eigenvalue weighted by Gasteiger charge is -2.27. The molecule has 0 aliphatic carbocycles. The first-order valence-electron chi connectivity index (χ1n) is 8.82. The SMILES string of the molecule is CC[C@H](c1ccccc1)N1Cc2nc(N3CCOCC3)ncc2C1=O. The Labute approximate surface area is 147 Å². The molecule has 0 saturated carbocycles. The highest BCUT2D eigenvalue weighted by atomic mass is 16.5. The summed E-state index contributed by atoms with van der Waals surface area (Å²) in [4.78, 5) is 26.0. The number of rotatable bonds is 4. The zero-order valence-corrected chi connectivity index (χ0v) is 14.4. The Morgan fingerprint density at radius 1 is 1.20 bits per heavy atom. The minimum Gasteiger partial charge on any atom is -0.378 e. The molecule has 1 saturated heterocycles. The summed E-state index contributed by atoms with van der Waals surface area (Å²) in [5, 5.41) is 0. The Morgan fingerprint density at radius 2 is 1.96 bits per heavy atom. The van der Waals surface area contributed by atoms with Crippen LogP contribution in [0.3, 0.4) is 0 Å². The van der Waals surface area contributed by atoms with Gasteiger partial charge in [-0.25, -0.2) is 9.97 Å². The second-order valence-corrected chi connectivity index (χ2v) is 6.40. The molecular weight excluding hydrogens is 316 g/mol. The fourth-order valence-corrected chi connectivity index (χ4v) is 3.57. The van der Waals surface area contributed by atoms with Gasteiger partial charge in [-0.2, -0.15) is 0 Å². The number of benzene rings is 1. The van der Waals surface area contributed by atoms with E-state index in [2.05, 4.69) is 33.9 Å². The highest BCUT2D eigenvalue weighted by Gasteiger charge is 2.34. The largest absolute Gasteiger partial charge is 0.378 e. The molecule has 3 heterocycles.